The summed E-state index contributed by atoms with van der Waals surface area (Å²) in [6.45, 7) is 12.5. The topological polar surface area (TPSA) is 125 Å². The van der Waals surface area contributed by atoms with Crippen molar-refractivity contribution in [3.63, 3.8) is 0 Å². The van der Waals surface area contributed by atoms with Crippen molar-refractivity contribution in [2.75, 3.05) is 79.3 Å². The zero-order chi connectivity index (χ0) is 41.1. The molecule has 0 N–H and O–H groups in total. The van der Waals surface area contributed by atoms with Crippen LogP contribution in [0.1, 0.15) is 103 Å². The third kappa shape index (κ3) is 12.0. The lowest BCUT2D eigenvalue weighted by Crippen LogP contribution is -2.14. The SMILES string of the molecule is CCOCCOc1c2cccc1Cc1cc(C=O)cc(c1OCCOCC)Cc1cc(C=O)cc(c1OCCOCC)Cc1cc(C=O)cc(c1OCCOCC)C2. The smallest absolute Gasteiger partial charge is 0.150 e. The van der Waals surface area contributed by atoms with Crippen molar-refractivity contribution in [2.45, 2.75) is 53.4 Å². The molecule has 11 heteroatoms. The van der Waals surface area contributed by atoms with Gasteiger partial charge in [-0.25, -0.2) is 0 Å². The van der Waals surface area contributed by atoms with E-state index in [1.165, 1.54) is 0 Å². The Labute approximate surface area is 341 Å². The minimum Gasteiger partial charge on any atom is -0.491 e. The minimum absolute atomic E-state index is 0.254. The van der Waals surface area contributed by atoms with Crippen LogP contribution >= 0.6 is 0 Å². The Morgan fingerprint density at radius 2 is 0.621 bits per heavy atom. The molecule has 0 radical (unpaired) electrons. The number of hydrogen-bond acceptors (Lipinski definition) is 11. The third-order valence-electron chi connectivity index (χ3n) is 9.62. The lowest BCUT2D eigenvalue weighted by Gasteiger charge is -2.23. The number of rotatable bonds is 23. The molecule has 0 saturated carbocycles. The highest BCUT2D eigenvalue weighted by molar-refractivity contribution is 5.79. The molecule has 0 spiro atoms. The van der Waals surface area contributed by atoms with Crippen LogP contribution in [0.3, 0.4) is 0 Å². The molecule has 58 heavy (non-hydrogen) atoms. The first kappa shape index (κ1) is 44.0. The number of benzene rings is 4. The van der Waals surface area contributed by atoms with Crippen molar-refractivity contribution in [3.8, 4) is 23.0 Å². The third-order valence-corrected chi connectivity index (χ3v) is 9.62. The summed E-state index contributed by atoms with van der Waals surface area (Å²) in [5.74, 6) is 2.49. The van der Waals surface area contributed by atoms with Crippen molar-refractivity contribution in [2.24, 2.45) is 0 Å². The van der Waals surface area contributed by atoms with E-state index in [1.807, 2.05) is 82.3 Å². The number of para-hydroxylation sites is 1. The second-order valence-corrected chi connectivity index (χ2v) is 13.7. The predicted molar refractivity (Wildman–Crippen MR) is 221 cm³/mol. The van der Waals surface area contributed by atoms with Gasteiger partial charge in [0.25, 0.3) is 0 Å². The monoisotopic (exact) mass is 796 g/mol. The standard InChI is InChI=1S/C47H56O11/c1-5-51-12-16-55-44-36-10-9-11-37(44)27-39-21-34(31-49)23-41(46(39)57-18-14-53-7-3)29-43-25-35(32-50)24-42(47(43)58-19-15-54-8-4)28-40-22-33(30-48)20-38(26-36)45(40)56-17-13-52-6-2/h9-11,20-25,30-32H,5-8,12-19,26-29H2,1-4H3. The number of ether oxygens (including phenoxy) is 8. The highest BCUT2D eigenvalue weighted by Crippen LogP contribution is 2.40. The fraction of sp³-hybridized carbons (Fsp3) is 0.426. The van der Waals surface area contributed by atoms with E-state index in [2.05, 4.69) is 0 Å². The molecule has 4 aromatic carbocycles. The van der Waals surface area contributed by atoms with Gasteiger partial charge >= 0.3 is 0 Å². The van der Waals surface area contributed by atoms with Gasteiger partial charge in [0, 0.05) is 68.8 Å². The van der Waals surface area contributed by atoms with Gasteiger partial charge in [0.1, 0.15) is 68.3 Å². The van der Waals surface area contributed by atoms with Crippen LogP contribution in [0, 0.1) is 0 Å². The number of hydrogen-bond donors (Lipinski definition) is 0. The first-order chi connectivity index (χ1) is 28.5. The Kier molecular flexibility index (Phi) is 17.7. The summed E-state index contributed by atoms with van der Waals surface area (Å²) in [5, 5.41) is 0. The van der Waals surface area contributed by atoms with E-state index in [4.69, 9.17) is 37.9 Å². The van der Waals surface area contributed by atoms with Gasteiger partial charge in [0.15, 0.2) is 0 Å². The molecule has 0 unspecified atom stereocenters. The first-order valence-corrected chi connectivity index (χ1v) is 20.2. The van der Waals surface area contributed by atoms with E-state index in [0.29, 0.717) is 112 Å². The number of fused-ring (bicyclic) bond motifs is 8. The number of carbonyl (C=O) groups is 3. The van der Waals surface area contributed by atoms with E-state index < -0.39 is 0 Å². The molecule has 4 aromatic rings. The molecule has 0 aliphatic heterocycles. The van der Waals surface area contributed by atoms with Gasteiger partial charge in [-0.3, -0.25) is 14.4 Å². The van der Waals surface area contributed by atoms with Crippen molar-refractivity contribution >= 4 is 18.9 Å². The molecular formula is C47H56O11. The zero-order valence-corrected chi connectivity index (χ0v) is 34.2. The van der Waals surface area contributed by atoms with Crippen LogP contribution in [0.4, 0.5) is 0 Å². The minimum atomic E-state index is 0.254. The van der Waals surface area contributed by atoms with Crippen molar-refractivity contribution in [3.05, 3.63) is 116 Å². The maximum Gasteiger partial charge on any atom is 0.150 e. The summed E-state index contributed by atoms with van der Waals surface area (Å²) in [4.78, 5) is 37.7. The molecule has 0 saturated heterocycles. The first-order valence-electron chi connectivity index (χ1n) is 20.2. The quantitative estimate of drug-likeness (QED) is 0.0483. The second kappa shape index (κ2) is 23.4. The van der Waals surface area contributed by atoms with Crippen molar-refractivity contribution < 1.29 is 52.3 Å². The number of aldehydes is 3. The Balaban J connectivity index is 1.81. The highest BCUT2D eigenvalue weighted by Gasteiger charge is 2.24. The molecule has 5 rings (SSSR count). The van der Waals surface area contributed by atoms with Gasteiger partial charge in [0.05, 0.1) is 26.4 Å². The van der Waals surface area contributed by atoms with E-state index in [9.17, 15) is 14.4 Å². The molecule has 0 atom stereocenters. The van der Waals surface area contributed by atoms with Crippen LogP contribution < -0.4 is 18.9 Å². The summed E-state index contributed by atoms with van der Waals surface area (Å²) < 4.78 is 48.8. The predicted octanol–water partition coefficient (Wildman–Crippen LogP) is 7.46. The van der Waals surface area contributed by atoms with Gasteiger partial charge in [-0.05, 0) is 109 Å². The molecule has 1 aliphatic carbocycles. The Bertz CT molecular complexity index is 1850. The fourth-order valence-corrected chi connectivity index (χ4v) is 7.20. The van der Waals surface area contributed by atoms with Crippen LogP contribution in [0.15, 0.2) is 54.6 Å². The van der Waals surface area contributed by atoms with E-state index in [-0.39, 0.29) is 32.7 Å². The fourth-order valence-electron chi connectivity index (χ4n) is 7.20. The molecule has 310 valence electrons. The summed E-state index contributed by atoms with van der Waals surface area (Å²) in [6.07, 6.45) is 3.76. The summed E-state index contributed by atoms with van der Waals surface area (Å²) >= 11 is 0. The van der Waals surface area contributed by atoms with Gasteiger partial charge in [0.2, 0.25) is 0 Å². The van der Waals surface area contributed by atoms with Crippen LogP contribution in [0.2, 0.25) is 0 Å². The summed E-state index contributed by atoms with van der Waals surface area (Å²) in [5.41, 5.74) is 7.65. The molecule has 0 heterocycles. The van der Waals surface area contributed by atoms with Crippen molar-refractivity contribution in [1.82, 2.24) is 0 Å². The second-order valence-electron chi connectivity index (χ2n) is 13.7. The Morgan fingerprint density at radius 3 is 0.862 bits per heavy atom. The van der Waals surface area contributed by atoms with Crippen LogP contribution in [-0.2, 0) is 44.6 Å². The molecule has 11 nitrogen and oxygen atoms in total. The van der Waals surface area contributed by atoms with Gasteiger partial charge in [-0.2, -0.15) is 0 Å². The molecule has 0 fully saturated rings. The van der Waals surface area contributed by atoms with Crippen molar-refractivity contribution in [1.29, 1.82) is 0 Å². The molecule has 0 aromatic heterocycles. The normalized spacial score (nSPS) is 12.1. The van der Waals surface area contributed by atoms with Gasteiger partial charge in [-0.1, -0.05) is 18.2 Å². The highest BCUT2D eigenvalue weighted by atomic mass is 16.5. The molecule has 0 amide bonds. The molecular weight excluding hydrogens is 741 g/mol. The molecule has 1 aliphatic rings. The van der Waals surface area contributed by atoms with E-state index >= 15 is 0 Å². The Hall–Kier alpha value is -5.07. The lowest BCUT2D eigenvalue weighted by atomic mass is 9.89. The van der Waals surface area contributed by atoms with Crippen LogP contribution in [0.25, 0.3) is 0 Å². The zero-order valence-electron chi connectivity index (χ0n) is 34.2. The van der Waals surface area contributed by atoms with Gasteiger partial charge in [-0.15, -0.1) is 0 Å². The lowest BCUT2D eigenvalue weighted by molar-refractivity contribution is 0.108. The number of carbonyl (C=O) groups excluding carboxylic acids is 3. The molecule has 8 bridgehead atoms. The maximum atomic E-state index is 12.6. The largest absolute Gasteiger partial charge is 0.491 e. The Morgan fingerprint density at radius 1 is 0.379 bits per heavy atom. The average molecular weight is 797 g/mol. The summed E-state index contributed by atoms with van der Waals surface area (Å²) in [7, 11) is 0. The van der Waals surface area contributed by atoms with Crippen LogP contribution in [0.5, 0.6) is 23.0 Å². The average Bonchev–Trinajstić information content (AvgIpc) is 3.23. The summed E-state index contributed by atoms with van der Waals surface area (Å²) in [6, 6.07) is 17.0. The van der Waals surface area contributed by atoms with E-state index in [1.54, 1.807) is 0 Å². The maximum absolute atomic E-state index is 12.6. The van der Waals surface area contributed by atoms with Crippen LogP contribution in [-0.4, -0.2) is 98.1 Å². The van der Waals surface area contributed by atoms with Gasteiger partial charge < -0.3 is 37.9 Å². The van der Waals surface area contributed by atoms with E-state index in [0.717, 1.165) is 63.4 Å².